The second-order valence-electron chi connectivity index (χ2n) is 8.76. The predicted octanol–water partition coefficient (Wildman–Crippen LogP) is 5.21. The number of rotatable bonds is 6. The van der Waals surface area contributed by atoms with Gasteiger partial charge in [-0.3, -0.25) is 9.59 Å². The number of aryl methyl sites for hydroxylation is 2. The Balaban J connectivity index is 1.91. The van der Waals surface area contributed by atoms with E-state index in [-0.39, 0.29) is 5.91 Å². The van der Waals surface area contributed by atoms with Crippen LogP contribution in [0, 0.1) is 13.8 Å². The van der Waals surface area contributed by atoms with Gasteiger partial charge in [0.2, 0.25) is 0 Å². The Morgan fingerprint density at radius 1 is 0.914 bits per heavy atom. The van der Waals surface area contributed by atoms with Gasteiger partial charge in [0, 0.05) is 58.9 Å². The van der Waals surface area contributed by atoms with E-state index in [4.69, 9.17) is 4.74 Å². The molecular formula is C28H28N4O3. The molecule has 1 spiro atoms. The van der Waals surface area contributed by atoms with Crippen LogP contribution in [0.15, 0.2) is 53.6 Å². The van der Waals surface area contributed by atoms with Crippen molar-refractivity contribution in [2.45, 2.75) is 33.2 Å². The van der Waals surface area contributed by atoms with Gasteiger partial charge in [0.25, 0.3) is 5.91 Å². The molecule has 0 saturated heterocycles. The number of nitrogens with zero attached hydrogens (tertiary/aromatic N) is 2. The topological polar surface area (TPSA) is 83.0 Å². The van der Waals surface area contributed by atoms with Crippen molar-refractivity contribution in [3.63, 3.8) is 0 Å². The quantitative estimate of drug-likeness (QED) is 0.384. The van der Waals surface area contributed by atoms with Crippen LogP contribution in [0.3, 0.4) is 0 Å². The third-order valence-corrected chi connectivity index (χ3v) is 6.69. The van der Waals surface area contributed by atoms with E-state index >= 15 is 0 Å². The minimum Gasteiger partial charge on any atom is -0.456 e. The second-order valence-corrected chi connectivity index (χ2v) is 8.76. The van der Waals surface area contributed by atoms with Gasteiger partial charge >= 0.3 is 0 Å². The van der Waals surface area contributed by atoms with Gasteiger partial charge in [-0.05, 0) is 57.0 Å². The van der Waals surface area contributed by atoms with Gasteiger partial charge in [-0.15, -0.1) is 0 Å². The lowest BCUT2D eigenvalue weighted by atomic mass is 9.74. The summed E-state index contributed by atoms with van der Waals surface area (Å²) in [5.74, 6) is 1.02. The minimum absolute atomic E-state index is 0.265. The molecule has 178 valence electrons. The van der Waals surface area contributed by atoms with Crippen LogP contribution in [0.25, 0.3) is 0 Å². The zero-order valence-electron chi connectivity index (χ0n) is 20.3. The number of nitrogens with one attached hydrogen (secondary N) is 2. The van der Waals surface area contributed by atoms with Crippen molar-refractivity contribution in [3.8, 4) is 11.5 Å². The fourth-order valence-corrected chi connectivity index (χ4v) is 5.25. The predicted molar refractivity (Wildman–Crippen MR) is 138 cm³/mol. The van der Waals surface area contributed by atoms with Crippen molar-refractivity contribution >= 4 is 29.8 Å². The van der Waals surface area contributed by atoms with Crippen molar-refractivity contribution in [1.29, 1.82) is 0 Å². The molecule has 0 aliphatic carbocycles. The Morgan fingerprint density at radius 3 is 2.03 bits per heavy atom. The molecule has 0 unspecified atom stereocenters. The first-order valence-electron chi connectivity index (χ1n) is 11.8. The number of aldehydes is 1. The lowest BCUT2D eigenvalue weighted by molar-refractivity contribution is -0.102. The van der Waals surface area contributed by atoms with E-state index in [2.05, 4.69) is 27.9 Å². The molecule has 0 aromatic heterocycles. The van der Waals surface area contributed by atoms with E-state index in [0.717, 1.165) is 58.5 Å². The smallest absolute Gasteiger partial charge is 0.275 e. The molecule has 0 atom stereocenters. The van der Waals surface area contributed by atoms with E-state index in [1.807, 2.05) is 64.1 Å². The lowest BCUT2D eigenvalue weighted by Gasteiger charge is -2.42. The Labute approximate surface area is 204 Å². The number of anilines is 2. The molecule has 35 heavy (non-hydrogen) atoms. The van der Waals surface area contributed by atoms with Crippen molar-refractivity contribution in [1.82, 2.24) is 5.01 Å². The maximum atomic E-state index is 13.7. The molecule has 2 heterocycles. The first-order chi connectivity index (χ1) is 17.0. The number of hydrazone groups is 1. The highest BCUT2D eigenvalue weighted by molar-refractivity contribution is 6.13. The van der Waals surface area contributed by atoms with Crippen molar-refractivity contribution < 1.29 is 14.3 Å². The molecule has 7 nitrogen and oxygen atoms in total. The van der Waals surface area contributed by atoms with Crippen molar-refractivity contribution in [2.75, 3.05) is 23.7 Å². The average Bonchev–Trinajstić information content (AvgIpc) is 3.09. The normalized spacial score (nSPS) is 15.0. The summed E-state index contributed by atoms with van der Waals surface area (Å²) < 4.78 is 6.51. The summed E-state index contributed by atoms with van der Waals surface area (Å²) >= 11 is 0. The van der Waals surface area contributed by atoms with Crippen LogP contribution in [0.2, 0.25) is 0 Å². The number of hydrogen-bond acceptors (Lipinski definition) is 6. The number of benzene rings is 3. The van der Waals surface area contributed by atoms with E-state index in [1.165, 1.54) is 5.01 Å². The highest BCUT2D eigenvalue weighted by Crippen LogP contribution is 2.58. The van der Waals surface area contributed by atoms with Crippen LogP contribution in [0.5, 0.6) is 11.5 Å². The number of carbonyl (C=O) groups excluding carboxylic acids is 2. The molecule has 2 N–H and O–H groups in total. The molecule has 2 aliphatic rings. The van der Waals surface area contributed by atoms with Gasteiger partial charge in [-0.2, -0.15) is 5.10 Å². The molecule has 7 heteroatoms. The first-order valence-corrected chi connectivity index (χ1v) is 11.8. The summed E-state index contributed by atoms with van der Waals surface area (Å²) in [5.41, 5.74) is 5.86. The average molecular weight is 469 g/mol. The van der Waals surface area contributed by atoms with E-state index < -0.39 is 5.54 Å². The summed E-state index contributed by atoms with van der Waals surface area (Å²) in [6, 6.07) is 15.6. The number of fused-ring (bicyclic) bond motifs is 6. The van der Waals surface area contributed by atoms with Gasteiger partial charge in [-0.1, -0.05) is 18.2 Å². The van der Waals surface area contributed by atoms with Crippen LogP contribution >= 0.6 is 0 Å². The molecule has 3 aromatic rings. The van der Waals surface area contributed by atoms with Gasteiger partial charge in [0.1, 0.15) is 17.0 Å². The van der Waals surface area contributed by atoms with Crippen molar-refractivity contribution in [3.05, 3.63) is 81.9 Å². The fourth-order valence-electron chi connectivity index (χ4n) is 5.25. The SMILES string of the molecule is CCNc1cc2c(cc1C)C1(c3cc(C)c(NCC)cc3O2)c2ccccc2C(=O)N1/N=C\C=O. The fraction of sp³-hybridized carbons (Fsp3) is 0.250. The standard InChI is InChI=1S/C28H28N4O3/c1-5-29-23-15-25-21(13-17(23)3)28(22-14-18(4)24(30-6-2)16-26(22)35-25)20-10-8-7-9-19(20)27(34)32(28)31-11-12-33/h7-16,29-30H,5-6H2,1-4H3/b31-11-. The summed E-state index contributed by atoms with van der Waals surface area (Å²) in [6.45, 7) is 9.68. The van der Waals surface area contributed by atoms with Gasteiger partial charge in [-0.25, -0.2) is 5.01 Å². The van der Waals surface area contributed by atoms with Crippen LogP contribution in [-0.4, -0.2) is 36.5 Å². The molecular weight excluding hydrogens is 440 g/mol. The van der Waals surface area contributed by atoms with Crippen LogP contribution < -0.4 is 15.4 Å². The number of ether oxygens (including phenoxy) is 1. The maximum Gasteiger partial charge on any atom is 0.275 e. The lowest BCUT2D eigenvalue weighted by Crippen LogP contribution is -2.44. The van der Waals surface area contributed by atoms with E-state index in [1.54, 1.807) is 0 Å². The van der Waals surface area contributed by atoms with Crippen LogP contribution in [-0.2, 0) is 10.3 Å². The number of amides is 1. The highest BCUT2D eigenvalue weighted by Gasteiger charge is 2.57. The van der Waals surface area contributed by atoms with Crippen LogP contribution in [0.4, 0.5) is 11.4 Å². The molecule has 0 saturated carbocycles. The molecule has 0 radical (unpaired) electrons. The minimum atomic E-state index is -1.08. The second kappa shape index (κ2) is 8.58. The zero-order valence-corrected chi connectivity index (χ0v) is 20.3. The van der Waals surface area contributed by atoms with E-state index in [0.29, 0.717) is 23.3 Å². The largest absolute Gasteiger partial charge is 0.456 e. The third kappa shape index (κ3) is 3.22. The van der Waals surface area contributed by atoms with Gasteiger partial charge in [0.05, 0.1) is 6.21 Å². The monoisotopic (exact) mass is 468 g/mol. The van der Waals surface area contributed by atoms with Crippen molar-refractivity contribution in [2.24, 2.45) is 5.10 Å². The first kappa shape index (κ1) is 22.7. The van der Waals surface area contributed by atoms with Gasteiger partial charge < -0.3 is 15.4 Å². The Kier molecular flexibility index (Phi) is 5.55. The Bertz CT molecular complexity index is 1320. The molecule has 3 aromatic carbocycles. The Morgan fingerprint density at radius 2 is 1.49 bits per heavy atom. The molecule has 1 amide bonds. The molecule has 0 bridgehead atoms. The summed E-state index contributed by atoms with van der Waals surface area (Å²) in [7, 11) is 0. The highest BCUT2D eigenvalue weighted by atomic mass is 16.5. The number of carbonyl (C=O) groups is 2. The third-order valence-electron chi connectivity index (χ3n) is 6.69. The van der Waals surface area contributed by atoms with E-state index in [9.17, 15) is 9.59 Å². The molecule has 0 fully saturated rings. The summed E-state index contributed by atoms with van der Waals surface area (Å²) in [6.07, 6.45) is 1.71. The molecule has 2 aliphatic heterocycles. The molecule has 5 rings (SSSR count). The van der Waals surface area contributed by atoms with Gasteiger partial charge in [0.15, 0.2) is 6.29 Å². The Hall–Kier alpha value is -4.13. The summed E-state index contributed by atoms with van der Waals surface area (Å²) in [5, 5.41) is 12.6. The maximum absolute atomic E-state index is 13.7. The zero-order chi connectivity index (χ0) is 24.7. The summed E-state index contributed by atoms with van der Waals surface area (Å²) in [4.78, 5) is 25.1. The number of hydrogen-bond donors (Lipinski definition) is 2. The van der Waals surface area contributed by atoms with Crippen LogP contribution in [0.1, 0.15) is 52.0 Å².